The number of nitrogens with two attached hydrogens (primary N) is 1. The number of benzene rings is 2. The molecule has 1 aliphatic heterocycles. The second-order valence-electron chi connectivity index (χ2n) is 7.40. The summed E-state index contributed by atoms with van der Waals surface area (Å²) in [6.45, 7) is 2.88. The topological polar surface area (TPSA) is 53.1 Å². The highest BCUT2D eigenvalue weighted by molar-refractivity contribution is 6.30. The predicted molar refractivity (Wildman–Crippen MR) is 105 cm³/mol. The zero-order valence-corrected chi connectivity index (χ0v) is 15.4. The minimum Gasteiger partial charge on any atom is -0.388 e. The summed E-state index contributed by atoms with van der Waals surface area (Å²) >= 11 is 6.40. The molecule has 0 aromatic heterocycles. The summed E-state index contributed by atoms with van der Waals surface area (Å²) in [4.78, 5) is 2.32. The molecule has 25 heavy (non-hydrogen) atoms. The summed E-state index contributed by atoms with van der Waals surface area (Å²) in [5.74, 6) is 0.227. The van der Waals surface area contributed by atoms with Crippen LogP contribution in [0.3, 0.4) is 0 Å². The van der Waals surface area contributed by atoms with E-state index >= 15 is 0 Å². The third-order valence-corrected chi connectivity index (χ3v) is 6.02. The first kappa shape index (κ1) is 16.5. The van der Waals surface area contributed by atoms with Crippen LogP contribution in [0.25, 0.3) is 0 Å². The van der Waals surface area contributed by atoms with E-state index in [-0.39, 0.29) is 11.3 Å². The smallest absolute Gasteiger partial charge is 0.0923 e. The molecule has 4 heteroatoms. The lowest BCUT2D eigenvalue weighted by molar-refractivity contribution is 0.526. The Balaban J connectivity index is 1.94. The van der Waals surface area contributed by atoms with E-state index in [9.17, 15) is 0 Å². The first-order valence-corrected chi connectivity index (χ1v) is 9.41. The van der Waals surface area contributed by atoms with Gasteiger partial charge >= 0.3 is 0 Å². The molecule has 1 heterocycles. The van der Waals surface area contributed by atoms with E-state index in [2.05, 4.69) is 42.2 Å². The fourth-order valence-electron chi connectivity index (χ4n) is 4.66. The molecule has 1 saturated carbocycles. The molecule has 2 aromatic rings. The van der Waals surface area contributed by atoms with Crippen LogP contribution in [0, 0.1) is 12.3 Å². The number of amidine groups is 1. The quantitative estimate of drug-likeness (QED) is 0.582. The maximum absolute atomic E-state index is 7.64. The molecule has 3 nitrogen and oxygen atoms in total. The highest BCUT2D eigenvalue weighted by atomic mass is 35.5. The van der Waals surface area contributed by atoms with Crippen LogP contribution >= 0.6 is 11.6 Å². The van der Waals surface area contributed by atoms with Gasteiger partial charge in [-0.2, -0.15) is 0 Å². The van der Waals surface area contributed by atoms with E-state index in [0.717, 1.165) is 11.6 Å². The molecular formula is C21H24ClN3. The Labute approximate surface area is 154 Å². The van der Waals surface area contributed by atoms with E-state index < -0.39 is 0 Å². The summed E-state index contributed by atoms with van der Waals surface area (Å²) in [7, 11) is 0. The number of halogens is 1. The van der Waals surface area contributed by atoms with Crippen molar-refractivity contribution in [2.24, 2.45) is 5.73 Å². The van der Waals surface area contributed by atoms with Gasteiger partial charge in [0.2, 0.25) is 0 Å². The highest BCUT2D eigenvalue weighted by Crippen LogP contribution is 2.56. The number of nitrogens with one attached hydrogen (secondary N) is 1. The number of hydrogen-bond acceptors (Lipinski definition) is 2. The van der Waals surface area contributed by atoms with E-state index in [1.54, 1.807) is 0 Å². The second kappa shape index (κ2) is 6.06. The molecule has 0 amide bonds. The number of rotatable bonds is 3. The molecular weight excluding hydrogens is 330 g/mol. The van der Waals surface area contributed by atoms with E-state index in [1.807, 2.05) is 6.07 Å². The third-order valence-electron chi connectivity index (χ3n) is 5.79. The van der Waals surface area contributed by atoms with Crippen LogP contribution in [0.1, 0.15) is 48.8 Å². The van der Waals surface area contributed by atoms with Crippen molar-refractivity contribution in [1.82, 2.24) is 0 Å². The number of nitrogens with zero attached hydrogens (tertiary/aromatic N) is 1. The van der Waals surface area contributed by atoms with Crippen molar-refractivity contribution in [3.8, 4) is 0 Å². The number of aryl methyl sites for hydroxylation is 1. The lowest BCUT2D eigenvalue weighted by Gasteiger charge is -2.44. The van der Waals surface area contributed by atoms with E-state index in [4.69, 9.17) is 22.7 Å². The van der Waals surface area contributed by atoms with Crippen molar-refractivity contribution in [3.05, 3.63) is 58.1 Å². The van der Waals surface area contributed by atoms with Crippen molar-refractivity contribution in [2.45, 2.75) is 44.4 Å². The van der Waals surface area contributed by atoms with Crippen molar-refractivity contribution in [3.63, 3.8) is 0 Å². The molecule has 2 aliphatic rings. The van der Waals surface area contributed by atoms with Crippen molar-refractivity contribution >= 4 is 28.8 Å². The number of hydrogen-bond donors (Lipinski definition) is 2. The van der Waals surface area contributed by atoms with Gasteiger partial charge in [0.1, 0.15) is 0 Å². The number of anilines is 2. The van der Waals surface area contributed by atoms with E-state index in [1.165, 1.54) is 53.7 Å². The Kier molecular flexibility index (Phi) is 3.99. The minimum absolute atomic E-state index is 0.0777. The van der Waals surface area contributed by atoms with Gasteiger partial charge in [-0.25, -0.2) is 0 Å². The van der Waals surface area contributed by atoms with Gasteiger partial charge in [0.25, 0.3) is 0 Å². The van der Waals surface area contributed by atoms with Gasteiger partial charge < -0.3 is 10.6 Å². The molecule has 4 rings (SSSR count). The van der Waals surface area contributed by atoms with Gasteiger partial charge in [0.05, 0.1) is 5.84 Å². The summed E-state index contributed by atoms with van der Waals surface area (Å²) in [5.41, 5.74) is 12.3. The lowest BCUT2D eigenvalue weighted by Crippen LogP contribution is -2.36. The van der Waals surface area contributed by atoms with Crippen LogP contribution in [0.2, 0.25) is 5.02 Å². The first-order valence-electron chi connectivity index (χ1n) is 9.03. The maximum atomic E-state index is 7.64. The summed E-state index contributed by atoms with van der Waals surface area (Å²) in [5, 5.41) is 8.44. The zero-order valence-electron chi connectivity index (χ0n) is 14.6. The van der Waals surface area contributed by atoms with Crippen LogP contribution in [-0.4, -0.2) is 12.4 Å². The van der Waals surface area contributed by atoms with Crippen molar-refractivity contribution < 1.29 is 0 Å². The summed E-state index contributed by atoms with van der Waals surface area (Å²) < 4.78 is 0. The van der Waals surface area contributed by atoms with Gasteiger partial charge in [0, 0.05) is 34.8 Å². The minimum atomic E-state index is 0.0777. The van der Waals surface area contributed by atoms with Gasteiger partial charge in [-0.3, -0.25) is 5.41 Å². The molecule has 0 unspecified atom stereocenters. The monoisotopic (exact) mass is 353 g/mol. The Hall–Kier alpha value is -2.00. The average Bonchev–Trinajstić information content (AvgIpc) is 3.06. The first-order chi connectivity index (χ1) is 12.0. The third kappa shape index (κ3) is 2.62. The number of fused-ring (bicyclic) bond motifs is 4. The lowest BCUT2D eigenvalue weighted by atomic mass is 9.69. The van der Waals surface area contributed by atoms with Crippen LogP contribution in [0.15, 0.2) is 36.4 Å². The van der Waals surface area contributed by atoms with Crippen LogP contribution in [-0.2, 0) is 5.41 Å². The molecule has 1 fully saturated rings. The van der Waals surface area contributed by atoms with Gasteiger partial charge in [-0.05, 0) is 55.2 Å². The fraction of sp³-hybridized carbons (Fsp3) is 0.381. The van der Waals surface area contributed by atoms with Gasteiger partial charge in [0.15, 0.2) is 0 Å². The average molecular weight is 354 g/mol. The predicted octanol–water partition coefficient (Wildman–Crippen LogP) is 5.29. The van der Waals surface area contributed by atoms with Gasteiger partial charge in [-0.15, -0.1) is 0 Å². The zero-order chi connectivity index (χ0) is 17.6. The SMILES string of the molecule is Cc1ccc2c(c1)C1(CCCC1)c1cc(Cl)ccc1N2CCC(=N)N. The molecule has 0 bridgehead atoms. The summed E-state index contributed by atoms with van der Waals surface area (Å²) in [6.07, 6.45) is 5.43. The van der Waals surface area contributed by atoms with Crippen LogP contribution in [0.5, 0.6) is 0 Å². The normalized spacial score (nSPS) is 17.4. The highest BCUT2D eigenvalue weighted by Gasteiger charge is 2.45. The molecule has 0 atom stereocenters. The largest absolute Gasteiger partial charge is 0.388 e. The standard InChI is InChI=1S/C21H24ClN3/c1-14-4-6-18-16(12-14)21(9-2-3-10-21)17-13-15(22)5-7-19(17)25(18)11-8-20(23)24/h4-7,12-13H,2-3,8-11H2,1H3,(H3,23,24). The summed E-state index contributed by atoms with van der Waals surface area (Å²) in [6, 6.07) is 13.1. The van der Waals surface area contributed by atoms with Crippen LogP contribution in [0.4, 0.5) is 11.4 Å². The molecule has 1 aliphatic carbocycles. The van der Waals surface area contributed by atoms with E-state index in [0.29, 0.717) is 6.42 Å². The van der Waals surface area contributed by atoms with Crippen LogP contribution < -0.4 is 10.6 Å². The second-order valence-corrected chi connectivity index (χ2v) is 7.83. The Bertz CT molecular complexity index is 782. The molecule has 2 aromatic carbocycles. The Morgan fingerprint density at radius 2 is 1.76 bits per heavy atom. The van der Waals surface area contributed by atoms with Crippen molar-refractivity contribution in [1.29, 1.82) is 5.41 Å². The molecule has 0 saturated heterocycles. The molecule has 0 radical (unpaired) electrons. The molecule has 1 spiro atoms. The van der Waals surface area contributed by atoms with Crippen molar-refractivity contribution in [2.75, 3.05) is 11.4 Å². The maximum Gasteiger partial charge on any atom is 0.0923 e. The fourth-order valence-corrected chi connectivity index (χ4v) is 4.83. The Morgan fingerprint density at radius 1 is 1.12 bits per heavy atom. The molecule has 3 N–H and O–H groups in total. The molecule has 130 valence electrons. The Morgan fingerprint density at radius 3 is 2.44 bits per heavy atom. The van der Waals surface area contributed by atoms with Gasteiger partial charge in [-0.1, -0.05) is 42.1 Å².